The molecule has 1 amide bonds. The molecule has 0 aromatic carbocycles. The van der Waals surface area contributed by atoms with Crippen LogP contribution in [0, 0.1) is 0 Å². The van der Waals surface area contributed by atoms with E-state index in [9.17, 15) is 20.1 Å². The average molecular weight is 390 g/mol. The van der Waals surface area contributed by atoms with Gasteiger partial charge in [0.15, 0.2) is 17.2 Å². The highest BCUT2D eigenvalue weighted by Crippen LogP contribution is 2.34. The first-order valence-electron chi connectivity index (χ1n) is 8.26. The fraction of sp³-hybridized carbons (Fsp3) is 0.400. The van der Waals surface area contributed by atoms with E-state index in [2.05, 4.69) is 20.1 Å². The topological polar surface area (TPSA) is 178 Å². The van der Waals surface area contributed by atoms with Crippen LogP contribution in [0.2, 0.25) is 0 Å². The summed E-state index contributed by atoms with van der Waals surface area (Å²) in [4.78, 5) is 24.9. The highest BCUT2D eigenvalue weighted by Gasteiger charge is 2.51. The zero-order chi connectivity index (χ0) is 20.1. The van der Waals surface area contributed by atoms with Gasteiger partial charge in [-0.1, -0.05) is 0 Å². The van der Waals surface area contributed by atoms with Crippen LogP contribution in [0.25, 0.3) is 17.1 Å². The number of imidazole rings is 1. The number of aliphatic hydroxyl groups excluding tert-OH is 3. The third kappa shape index (κ3) is 2.52. The first-order chi connectivity index (χ1) is 13.4. The minimum absolute atomic E-state index is 0.0423. The summed E-state index contributed by atoms with van der Waals surface area (Å²) in [6.45, 7) is -0.804. The summed E-state index contributed by atoms with van der Waals surface area (Å²) in [6, 6.07) is 0. The van der Waals surface area contributed by atoms with E-state index in [0.29, 0.717) is 12.1 Å². The van der Waals surface area contributed by atoms with Crippen LogP contribution in [0.3, 0.4) is 0 Å². The third-order valence-corrected chi connectivity index (χ3v) is 4.72. The van der Waals surface area contributed by atoms with Gasteiger partial charge in [-0.25, -0.2) is 9.67 Å². The molecule has 5 N–H and O–H groups in total. The van der Waals surface area contributed by atoms with Gasteiger partial charge < -0.3 is 30.7 Å². The molecule has 0 radical (unpaired) electrons. The number of rotatable bonds is 5. The standard InChI is InChI=1S/C15H18N8O5/c1-21(7-25)8-2-18-23(3-8)14-19-12(16)10-13(20-14)22(6-17-10)15(5-24)11(27)9(26)4-28-15/h2-3,6-7,9,11,24,26-27H,4-5H2,1H3,(H2,16,19,20)/t9-,11+,15+/m0/s1. The lowest BCUT2D eigenvalue weighted by atomic mass is 10.1. The van der Waals surface area contributed by atoms with E-state index < -0.39 is 24.5 Å². The predicted molar refractivity (Wildman–Crippen MR) is 94.3 cm³/mol. The Hall–Kier alpha value is -3.13. The molecular weight excluding hydrogens is 372 g/mol. The highest BCUT2D eigenvalue weighted by molar-refractivity contribution is 5.82. The zero-order valence-corrected chi connectivity index (χ0v) is 14.7. The van der Waals surface area contributed by atoms with Crippen molar-refractivity contribution in [3.05, 3.63) is 18.7 Å². The Bertz CT molecular complexity index is 1030. The molecule has 4 rings (SSSR count). The molecule has 0 saturated carbocycles. The van der Waals surface area contributed by atoms with E-state index >= 15 is 0 Å². The molecule has 0 unspecified atom stereocenters. The van der Waals surface area contributed by atoms with Crippen molar-refractivity contribution in [3.63, 3.8) is 0 Å². The molecule has 1 fully saturated rings. The predicted octanol–water partition coefficient (Wildman–Crippen LogP) is -2.42. The Balaban J connectivity index is 1.85. The maximum atomic E-state index is 10.9. The molecule has 1 aliphatic rings. The maximum absolute atomic E-state index is 10.9. The number of nitrogens with zero attached hydrogens (tertiary/aromatic N) is 7. The number of hydrogen-bond donors (Lipinski definition) is 4. The van der Waals surface area contributed by atoms with Crippen molar-refractivity contribution in [1.29, 1.82) is 0 Å². The van der Waals surface area contributed by atoms with E-state index in [-0.39, 0.29) is 29.5 Å². The molecule has 148 valence electrons. The van der Waals surface area contributed by atoms with Gasteiger partial charge in [0, 0.05) is 7.05 Å². The van der Waals surface area contributed by atoms with Gasteiger partial charge in [-0.15, -0.1) is 0 Å². The van der Waals surface area contributed by atoms with Gasteiger partial charge in [0.1, 0.15) is 17.7 Å². The van der Waals surface area contributed by atoms with Gasteiger partial charge in [-0.3, -0.25) is 9.36 Å². The second-order valence-corrected chi connectivity index (χ2v) is 6.38. The van der Waals surface area contributed by atoms with Crippen molar-refractivity contribution in [1.82, 2.24) is 29.3 Å². The molecule has 3 aromatic rings. The Morgan fingerprint density at radius 3 is 2.89 bits per heavy atom. The lowest BCUT2D eigenvalue weighted by Gasteiger charge is -2.31. The van der Waals surface area contributed by atoms with Crippen molar-refractivity contribution in [2.75, 3.05) is 30.9 Å². The van der Waals surface area contributed by atoms with Crippen LogP contribution in [0.1, 0.15) is 0 Å². The fourth-order valence-corrected chi connectivity index (χ4v) is 3.09. The summed E-state index contributed by atoms with van der Waals surface area (Å²) >= 11 is 0. The van der Waals surface area contributed by atoms with Gasteiger partial charge in [0.25, 0.3) is 5.95 Å². The molecular formula is C15H18N8O5. The lowest BCUT2D eigenvalue weighted by Crippen LogP contribution is -2.48. The number of nitrogen functional groups attached to an aromatic ring is 1. The SMILES string of the molecule is CN(C=O)c1cnn(-c2nc(N)c3ncn([C@]4(CO)OC[C@H](O)[C@H]4O)c3n2)c1. The number of aliphatic hydroxyl groups is 3. The van der Waals surface area contributed by atoms with Gasteiger partial charge in [-0.2, -0.15) is 15.1 Å². The number of amides is 1. The summed E-state index contributed by atoms with van der Waals surface area (Å²) in [5.74, 6) is 0.124. The Labute approximate surface area is 157 Å². The minimum atomic E-state index is -1.67. The molecule has 0 spiro atoms. The maximum Gasteiger partial charge on any atom is 0.254 e. The van der Waals surface area contributed by atoms with Gasteiger partial charge in [0.05, 0.1) is 37.6 Å². The smallest absolute Gasteiger partial charge is 0.254 e. The van der Waals surface area contributed by atoms with E-state index in [1.807, 2.05) is 0 Å². The number of carbonyl (C=O) groups is 1. The molecule has 13 heteroatoms. The summed E-state index contributed by atoms with van der Waals surface area (Å²) in [5, 5.41) is 34.3. The summed E-state index contributed by atoms with van der Waals surface area (Å²) in [6.07, 6.45) is 2.31. The molecule has 1 saturated heterocycles. The Morgan fingerprint density at radius 1 is 1.46 bits per heavy atom. The molecule has 28 heavy (non-hydrogen) atoms. The second kappa shape index (κ2) is 6.49. The number of nitrogens with two attached hydrogens (primary N) is 1. The van der Waals surface area contributed by atoms with Crippen LogP contribution in [0.4, 0.5) is 11.5 Å². The largest absolute Gasteiger partial charge is 0.391 e. The third-order valence-electron chi connectivity index (χ3n) is 4.72. The van der Waals surface area contributed by atoms with E-state index in [4.69, 9.17) is 10.5 Å². The number of ether oxygens (including phenoxy) is 1. The molecule has 13 nitrogen and oxygen atoms in total. The van der Waals surface area contributed by atoms with Crippen LogP contribution >= 0.6 is 0 Å². The monoisotopic (exact) mass is 390 g/mol. The van der Waals surface area contributed by atoms with E-state index in [1.54, 1.807) is 7.05 Å². The number of carbonyl (C=O) groups excluding carboxylic acids is 1. The van der Waals surface area contributed by atoms with Gasteiger partial charge in [-0.05, 0) is 0 Å². The molecule has 0 bridgehead atoms. The first kappa shape index (κ1) is 18.2. The Kier molecular flexibility index (Phi) is 4.23. The average Bonchev–Trinajstić information content (AvgIpc) is 3.41. The second-order valence-electron chi connectivity index (χ2n) is 6.38. The van der Waals surface area contributed by atoms with Crippen LogP contribution in [-0.4, -0.2) is 83.5 Å². The number of anilines is 2. The molecule has 4 heterocycles. The number of fused-ring (bicyclic) bond motifs is 1. The van der Waals surface area contributed by atoms with Gasteiger partial charge in [0.2, 0.25) is 6.41 Å². The zero-order valence-electron chi connectivity index (χ0n) is 14.7. The summed E-state index contributed by atoms with van der Waals surface area (Å²) < 4.78 is 8.13. The quantitative estimate of drug-likeness (QED) is 0.343. The van der Waals surface area contributed by atoms with Crippen molar-refractivity contribution >= 4 is 29.1 Å². The van der Waals surface area contributed by atoms with Crippen LogP contribution in [-0.2, 0) is 15.3 Å². The van der Waals surface area contributed by atoms with Gasteiger partial charge >= 0.3 is 0 Å². The van der Waals surface area contributed by atoms with Crippen molar-refractivity contribution < 1.29 is 24.9 Å². The first-order valence-corrected chi connectivity index (χ1v) is 8.26. The number of aromatic nitrogens is 6. The van der Waals surface area contributed by atoms with Crippen LogP contribution in [0.15, 0.2) is 18.7 Å². The van der Waals surface area contributed by atoms with Crippen molar-refractivity contribution in [2.45, 2.75) is 17.9 Å². The summed E-state index contributed by atoms with van der Waals surface area (Å²) in [5.41, 5.74) is 5.24. The summed E-state index contributed by atoms with van der Waals surface area (Å²) in [7, 11) is 1.57. The highest BCUT2D eigenvalue weighted by atomic mass is 16.6. The molecule has 0 aliphatic carbocycles. The van der Waals surface area contributed by atoms with E-state index in [1.165, 1.54) is 32.9 Å². The minimum Gasteiger partial charge on any atom is -0.391 e. The fourth-order valence-electron chi connectivity index (χ4n) is 3.09. The lowest BCUT2D eigenvalue weighted by molar-refractivity contribution is -0.149. The molecule has 1 aliphatic heterocycles. The normalized spacial score (nSPS) is 24.7. The van der Waals surface area contributed by atoms with E-state index in [0.717, 1.165) is 0 Å². The van der Waals surface area contributed by atoms with Crippen molar-refractivity contribution in [3.8, 4) is 5.95 Å². The Morgan fingerprint density at radius 2 is 2.25 bits per heavy atom. The number of hydrogen-bond acceptors (Lipinski definition) is 10. The molecule has 3 aromatic heterocycles. The van der Waals surface area contributed by atoms with Crippen molar-refractivity contribution in [2.24, 2.45) is 0 Å². The van der Waals surface area contributed by atoms with Crippen LogP contribution < -0.4 is 10.6 Å². The van der Waals surface area contributed by atoms with Crippen LogP contribution in [0.5, 0.6) is 0 Å². The molecule has 3 atom stereocenters.